The van der Waals surface area contributed by atoms with Gasteiger partial charge in [-0.3, -0.25) is 0 Å². The predicted octanol–water partition coefficient (Wildman–Crippen LogP) is 1.38. The van der Waals surface area contributed by atoms with E-state index in [2.05, 4.69) is 4.89 Å². The summed E-state index contributed by atoms with van der Waals surface area (Å²) in [6.07, 6.45) is 2.03. The first-order valence-electron chi connectivity index (χ1n) is 3.65. The second-order valence-corrected chi connectivity index (χ2v) is 1.93. The van der Waals surface area contributed by atoms with E-state index in [4.69, 9.17) is 9.62 Å². The van der Waals surface area contributed by atoms with Crippen LogP contribution in [0.25, 0.3) is 0 Å². The second-order valence-electron chi connectivity index (χ2n) is 1.93. The lowest BCUT2D eigenvalue weighted by Gasteiger charge is -2.00. The smallest absolute Gasteiger partial charge is 0.0823 e. The van der Waals surface area contributed by atoms with Crippen molar-refractivity contribution in [3.05, 3.63) is 0 Å². The third-order valence-corrected chi connectivity index (χ3v) is 1.03. The SMILES string of the molecule is CCOOCCCCOC. The minimum absolute atomic E-state index is 0.615. The fourth-order valence-electron chi connectivity index (χ4n) is 0.550. The van der Waals surface area contributed by atoms with Gasteiger partial charge in [0.1, 0.15) is 0 Å². The Balaban J connectivity index is 2.65. The summed E-state index contributed by atoms with van der Waals surface area (Å²) in [6, 6.07) is 0. The first kappa shape index (κ1) is 9.88. The van der Waals surface area contributed by atoms with E-state index in [1.165, 1.54) is 0 Å². The monoisotopic (exact) mass is 148 g/mol. The normalized spacial score (nSPS) is 10.2. The van der Waals surface area contributed by atoms with Crippen LogP contribution in [-0.4, -0.2) is 26.9 Å². The Hall–Kier alpha value is -0.120. The lowest BCUT2D eigenvalue weighted by Crippen LogP contribution is -1.98. The van der Waals surface area contributed by atoms with Gasteiger partial charge >= 0.3 is 0 Å². The van der Waals surface area contributed by atoms with Crippen molar-refractivity contribution < 1.29 is 14.5 Å². The molecule has 0 saturated carbocycles. The Kier molecular flexibility index (Phi) is 8.77. The highest BCUT2D eigenvalue weighted by atomic mass is 17.2. The van der Waals surface area contributed by atoms with Crippen LogP contribution in [0.2, 0.25) is 0 Å². The molecule has 0 aliphatic heterocycles. The van der Waals surface area contributed by atoms with E-state index in [1.807, 2.05) is 6.92 Å². The molecule has 3 nitrogen and oxygen atoms in total. The van der Waals surface area contributed by atoms with Crippen molar-refractivity contribution in [2.45, 2.75) is 19.8 Å². The summed E-state index contributed by atoms with van der Waals surface area (Å²) in [5.74, 6) is 0. The second kappa shape index (κ2) is 8.88. The van der Waals surface area contributed by atoms with Crippen LogP contribution < -0.4 is 0 Å². The van der Waals surface area contributed by atoms with Crippen molar-refractivity contribution >= 4 is 0 Å². The largest absolute Gasteiger partial charge is 0.385 e. The number of rotatable bonds is 7. The lowest BCUT2D eigenvalue weighted by molar-refractivity contribution is -0.291. The van der Waals surface area contributed by atoms with E-state index < -0.39 is 0 Å². The highest BCUT2D eigenvalue weighted by Gasteiger charge is 1.87. The highest BCUT2D eigenvalue weighted by molar-refractivity contribution is 4.33. The highest BCUT2D eigenvalue weighted by Crippen LogP contribution is 1.90. The topological polar surface area (TPSA) is 27.7 Å². The average Bonchev–Trinajstić information content (AvgIpc) is 1.97. The molecule has 0 saturated heterocycles. The van der Waals surface area contributed by atoms with E-state index in [1.54, 1.807) is 7.11 Å². The van der Waals surface area contributed by atoms with Crippen LogP contribution in [0.4, 0.5) is 0 Å². The summed E-state index contributed by atoms with van der Waals surface area (Å²) in [5, 5.41) is 0. The Morgan fingerprint density at radius 1 is 1.00 bits per heavy atom. The van der Waals surface area contributed by atoms with E-state index in [0.717, 1.165) is 19.4 Å². The Morgan fingerprint density at radius 3 is 2.30 bits per heavy atom. The maximum atomic E-state index is 4.85. The molecule has 0 amide bonds. The lowest BCUT2D eigenvalue weighted by atomic mass is 10.3. The summed E-state index contributed by atoms with van der Waals surface area (Å²) < 4.78 is 4.85. The maximum absolute atomic E-state index is 4.85. The Bertz CT molecular complexity index is 48.8. The van der Waals surface area contributed by atoms with Crippen LogP contribution in [-0.2, 0) is 14.5 Å². The summed E-state index contributed by atoms with van der Waals surface area (Å²) >= 11 is 0. The van der Waals surface area contributed by atoms with Crippen LogP contribution in [0.1, 0.15) is 19.8 Å². The minimum atomic E-state index is 0.615. The predicted molar refractivity (Wildman–Crippen MR) is 38.7 cm³/mol. The van der Waals surface area contributed by atoms with E-state index in [-0.39, 0.29) is 0 Å². The van der Waals surface area contributed by atoms with Gasteiger partial charge in [0.2, 0.25) is 0 Å². The van der Waals surface area contributed by atoms with Crippen molar-refractivity contribution in [1.29, 1.82) is 0 Å². The van der Waals surface area contributed by atoms with Crippen molar-refractivity contribution in [2.24, 2.45) is 0 Å². The molecule has 0 aromatic heterocycles. The number of hydrogen-bond acceptors (Lipinski definition) is 3. The molecule has 3 heteroatoms. The number of unbranched alkanes of at least 4 members (excludes halogenated alkanes) is 1. The van der Waals surface area contributed by atoms with Crippen LogP contribution in [0.3, 0.4) is 0 Å². The zero-order valence-electron chi connectivity index (χ0n) is 6.76. The molecule has 0 aliphatic carbocycles. The molecule has 0 heterocycles. The molecular weight excluding hydrogens is 132 g/mol. The van der Waals surface area contributed by atoms with Gasteiger partial charge in [0.15, 0.2) is 0 Å². The van der Waals surface area contributed by atoms with Crippen LogP contribution in [0.15, 0.2) is 0 Å². The van der Waals surface area contributed by atoms with E-state index in [9.17, 15) is 0 Å². The van der Waals surface area contributed by atoms with Gasteiger partial charge in [-0.15, -0.1) is 0 Å². The molecule has 0 rings (SSSR count). The molecule has 0 aliphatic rings. The van der Waals surface area contributed by atoms with Gasteiger partial charge in [-0.25, -0.2) is 9.78 Å². The molecule has 0 spiro atoms. The molecule has 0 atom stereocenters. The molecule has 0 radical (unpaired) electrons. The summed E-state index contributed by atoms with van der Waals surface area (Å²) in [5.41, 5.74) is 0. The van der Waals surface area contributed by atoms with Gasteiger partial charge in [-0.05, 0) is 19.8 Å². The maximum Gasteiger partial charge on any atom is 0.0823 e. The van der Waals surface area contributed by atoms with Gasteiger partial charge in [-0.1, -0.05) is 0 Å². The molecule has 0 N–H and O–H groups in total. The first-order chi connectivity index (χ1) is 4.91. The third kappa shape index (κ3) is 7.88. The Morgan fingerprint density at radius 2 is 1.70 bits per heavy atom. The molecule has 0 aromatic carbocycles. The number of ether oxygens (including phenoxy) is 1. The molecular formula is C7H16O3. The van der Waals surface area contributed by atoms with E-state index >= 15 is 0 Å². The summed E-state index contributed by atoms with van der Waals surface area (Å²) in [6.45, 7) is 3.98. The standard InChI is InChI=1S/C7H16O3/c1-3-9-10-7-5-4-6-8-2/h3-7H2,1-2H3. The fourth-order valence-corrected chi connectivity index (χ4v) is 0.550. The van der Waals surface area contributed by atoms with Gasteiger partial charge < -0.3 is 4.74 Å². The quantitative estimate of drug-likeness (QED) is 0.310. The van der Waals surface area contributed by atoms with Gasteiger partial charge in [0, 0.05) is 13.7 Å². The van der Waals surface area contributed by atoms with Gasteiger partial charge in [-0.2, -0.15) is 0 Å². The van der Waals surface area contributed by atoms with Crippen LogP contribution >= 0.6 is 0 Å². The zero-order chi connectivity index (χ0) is 7.66. The number of methoxy groups -OCH3 is 1. The van der Waals surface area contributed by atoms with Crippen LogP contribution in [0.5, 0.6) is 0 Å². The molecule has 0 unspecified atom stereocenters. The average molecular weight is 148 g/mol. The van der Waals surface area contributed by atoms with Gasteiger partial charge in [0.05, 0.1) is 13.2 Å². The van der Waals surface area contributed by atoms with Crippen molar-refractivity contribution in [3.8, 4) is 0 Å². The number of hydrogen-bond donors (Lipinski definition) is 0. The van der Waals surface area contributed by atoms with Gasteiger partial charge in [0.25, 0.3) is 0 Å². The summed E-state index contributed by atoms with van der Waals surface area (Å²) in [7, 11) is 1.70. The minimum Gasteiger partial charge on any atom is -0.385 e. The molecule has 10 heavy (non-hydrogen) atoms. The third-order valence-electron chi connectivity index (χ3n) is 1.03. The molecule has 62 valence electrons. The summed E-state index contributed by atoms with van der Waals surface area (Å²) in [4.78, 5) is 9.45. The van der Waals surface area contributed by atoms with Crippen LogP contribution in [0, 0.1) is 0 Å². The molecule has 0 fully saturated rings. The van der Waals surface area contributed by atoms with E-state index in [0.29, 0.717) is 13.2 Å². The molecule has 0 bridgehead atoms. The first-order valence-corrected chi connectivity index (χ1v) is 3.65. The van der Waals surface area contributed by atoms with Crippen molar-refractivity contribution in [3.63, 3.8) is 0 Å². The van der Waals surface area contributed by atoms with Crippen molar-refractivity contribution in [1.82, 2.24) is 0 Å². The molecule has 0 aromatic rings. The zero-order valence-corrected chi connectivity index (χ0v) is 6.76. The Labute approximate surface area is 62.2 Å². The fraction of sp³-hybridized carbons (Fsp3) is 1.00. The van der Waals surface area contributed by atoms with Crippen molar-refractivity contribution in [2.75, 3.05) is 26.9 Å².